The molecule has 1 heterocycles. The fourth-order valence-corrected chi connectivity index (χ4v) is 2.43. The molecule has 1 amide bonds. The number of halogens is 4. The van der Waals surface area contributed by atoms with E-state index < -0.39 is 17.5 Å². The molecule has 24 heavy (non-hydrogen) atoms. The molecule has 0 unspecified atom stereocenters. The highest BCUT2D eigenvalue weighted by Gasteiger charge is 2.16. The lowest BCUT2D eigenvalue weighted by atomic mass is 10.2. The predicted octanol–water partition coefficient (Wildman–Crippen LogP) is 4.57. The zero-order chi connectivity index (χ0) is 17.3. The van der Waals surface area contributed by atoms with E-state index in [0.29, 0.717) is 21.7 Å². The van der Waals surface area contributed by atoms with Crippen molar-refractivity contribution in [2.24, 2.45) is 0 Å². The maximum absolute atomic E-state index is 13.6. The third kappa shape index (κ3) is 3.52. The van der Waals surface area contributed by atoms with Gasteiger partial charge in [0.15, 0.2) is 0 Å². The molecule has 2 aromatic carbocycles. The predicted molar refractivity (Wildman–Crippen MR) is 84.1 cm³/mol. The average molecular weight is 370 g/mol. The van der Waals surface area contributed by atoms with Gasteiger partial charge < -0.3 is 4.42 Å². The summed E-state index contributed by atoms with van der Waals surface area (Å²) >= 11 is 11.8. The minimum atomic E-state index is -1.01. The van der Waals surface area contributed by atoms with Crippen molar-refractivity contribution >= 4 is 35.1 Å². The summed E-state index contributed by atoms with van der Waals surface area (Å²) in [5, 5.41) is 10.4. The summed E-state index contributed by atoms with van der Waals surface area (Å²) in [6.07, 6.45) is 0. The highest BCUT2D eigenvalue weighted by molar-refractivity contribution is 6.35. The Balaban J connectivity index is 1.82. The molecule has 0 spiro atoms. The molecule has 0 aliphatic carbocycles. The van der Waals surface area contributed by atoms with Gasteiger partial charge in [0.25, 0.3) is 5.91 Å². The first-order valence-corrected chi connectivity index (χ1v) is 7.24. The Labute approximate surface area is 144 Å². The molecular formula is C15H7Cl2F2N3O2. The molecule has 0 bridgehead atoms. The third-order valence-electron chi connectivity index (χ3n) is 2.93. The van der Waals surface area contributed by atoms with E-state index in [9.17, 15) is 13.6 Å². The van der Waals surface area contributed by atoms with Gasteiger partial charge in [0, 0.05) is 21.7 Å². The normalized spacial score (nSPS) is 10.7. The number of amides is 1. The van der Waals surface area contributed by atoms with Crippen LogP contribution >= 0.6 is 23.2 Å². The van der Waals surface area contributed by atoms with Crippen LogP contribution in [0.5, 0.6) is 0 Å². The molecule has 3 aromatic rings. The highest BCUT2D eigenvalue weighted by Crippen LogP contribution is 2.27. The van der Waals surface area contributed by atoms with Crippen LogP contribution in [0.4, 0.5) is 14.8 Å². The second kappa shape index (κ2) is 6.54. The maximum atomic E-state index is 13.6. The first kappa shape index (κ1) is 16.4. The monoisotopic (exact) mass is 369 g/mol. The number of hydrogen-bond donors (Lipinski definition) is 1. The second-order valence-electron chi connectivity index (χ2n) is 4.65. The van der Waals surface area contributed by atoms with Gasteiger partial charge >= 0.3 is 6.01 Å². The Morgan fingerprint density at radius 2 is 1.75 bits per heavy atom. The number of nitrogens with one attached hydrogen (secondary N) is 1. The molecule has 0 atom stereocenters. The van der Waals surface area contributed by atoms with E-state index in [2.05, 4.69) is 15.5 Å². The van der Waals surface area contributed by atoms with E-state index in [1.807, 2.05) is 0 Å². The van der Waals surface area contributed by atoms with E-state index >= 15 is 0 Å². The third-order valence-corrected chi connectivity index (χ3v) is 3.37. The number of anilines is 1. The Kier molecular flexibility index (Phi) is 4.46. The first-order chi connectivity index (χ1) is 11.4. The summed E-state index contributed by atoms with van der Waals surface area (Å²) in [6.45, 7) is 0. The van der Waals surface area contributed by atoms with Crippen LogP contribution in [-0.4, -0.2) is 16.1 Å². The molecule has 0 saturated carbocycles. The molecule has 0 saturated heterocycles. The van der Waals surface area contributed by atoms with Crippen molar-refractivity contribution in [3.05, 3.63) is 63.6 Å². The van der Waals surface area contributed by atoms with Gasteiger partial charge in [-0.25, -0.2) is 8.78 Å². The molecule has 1 aromatic heterocycles. The fourth-order valence-electron chi connectivity index (χ4n) is 1.91. The molecule has 122 valence electrons. The van der Waals surface area contributed by atoms with Gasteiger partial charge in [-0.05, 0) is 30.3 Å². The van der Waals surface area contributed by atoms with Gasteiger partial charge in [-0.2, -0.15) is 0 Å². The smallest absolute Gasteiger partial charge is 0.322 e. The molecular weight excluding hydrogens is 363 g/mol. The largest absolute Gasteiger partial charge is 0.403 e. The molecule has 5 nitrogen and oxygen atoms in total. The quantitative estimate of drug-likeness (QED) is 0.733. The van der Waals surface area contributed by atoms with Crippen molar-refractivity contribution in [2.75, 3.05) is 5.32 Å². The molecule has 0 aliphatic rings. The Bertz CT molecular complexity index is 911. The summed E-state index contributed by atoms with van der Waals surface area (Å²) in [5.74, 6) is -2.59. The number of benzene rings is 2. The van der Waals surface area contributed by atoms with E-state index in [0.717, 1.165) is 12.1 Å². The highest BCUT2D eigenvalue weighted by atomic mass is 35.5. The standard InChI is InChI=1S/C15H7Cl2F2N3O2/c16-8-3-7(4-9(17)5-8)14-21-22-15(24-14)20-13(23)11-2-1-10(18)6-12(11)19/h1-6H,(H,20,22,23). The first-order valence-electron chi connectivity index (χ1n) is 6.49. The van der Waals surface area contributed by atoms with Crippen molar-refractivity contribution in [3.8, 4) is 11.5 Å². The Hall–Kier alpha value is -2.51. The maximum Gasteiger partial charge on any atom is 0.322 e. The van der Waals surface area contributed by atoms with Crippen LogP contribution in [0.15, 0.2) is 40.8 Å². The van der Waals surface area contributed by atoms with Crippen LogP contribution in [0.25, 0.3) is 11.5 Å². The summed E-state index contributed by atoms with van der Waals surface area (Å²) < 4.78 is 31.7. The minimum Gasteiger partial charge on any atom is -0.403 e. The van der Waals surface area contributed by atoms with Crippen molar-refractivity contribution in [1.82, 2.24) is 10.2 Å². The second-order valence-corrected chi connectivity index (χ2v) is 5.52. The van der Waals surface area contributed by atoms with Crippen molar-refractivity contribution < 1.29 is 18.0 Å². The van der Waals surface area contributed by atoms with E-state index in [4.69, 9.17) is 27.6 Å². The molecule has 0 fully saturated rings. The number of aromatic nitrogens is 2. The van der Waals surface area contributed by atoms with Gasteiger partial charge in [0.2, 0.25) is 5.89 Å². The zero-order valence-corrected chi connectivity index (χ0v) is 13.2. The number of rotatable bonds is 3. The van der Waals surface area contributed by atoms with Gasteiger partial charge in [-0.15, -0.1) is 5.10 Å². The van der Waals surface area contributed by atoms with E-state index in [-0.39, 0.29) is 17.5 Å². The van der Waals surface area contributed by atoms with Crippen LogP contribution in [-0.2, 0) is 0 Å². The van der Waals surface area contributed by atoms with Crippen molar-refractivity contribution in [2.45, 2.75) is 0 Å². The fraction of sp³-hybridized carbons (Fsp3) is 0. The van der Waals surface area contributed by atoms with E-state index in [1.54, 1.807) is 12.1 Å². The lowest BCUT2D eigenvalue weighted by Crippen LogP contribution is -2.14. The molecule has 3 rings (SSSR count). The minimum absolute atomic E-state index is 0.0641. The van der Waals surface area contributed by atoms with Crippen LogP contribution < -0.4 is 5.32 Å². The van der Waals surface area contributed by atoms with Crippen LogP contribution in [0.2, 0.25) is 10.0 Å². The summed E-state index contributed by atoms with van der Waals surface area (Å²) in [5.41, 5.74) is 0.0930. The Morgan fingerprint density at radius 1 is 1.04 bits per heavy atom. The lowest BCUT2D eigenvalue weighted by molar-refractivity contribution is 0.102. The summed E-state index contributed by atoms with van der Waals surface area (Å²) in [7, 11) is 0. The van der Waals surface area contributed by atoms with Crippen LogP contribution in [0, 0.1) is 11.6 Å². The Morgan fingerprint density at radius 3 is 2.42 bits per heavy atom. The van der Waals surface area contributed by atoms with Crippen molar-refractivity contribution in [3.63, 3.8) is 0 Å². The number of hydrogen-bond acceptors (Lipinski definition) is 4. The van der Waals surface area contributed by atoms with Gasteiger partial charge in [-0.1, -0.05) is 28.3 Å². The van der Waals surface area contributed by atoms with Crippen molar-refractivity contribution in [1.29, 1.82) is 0 Å². The zero-order valence-electron chi connectivity index (χ0n) is 11.7. The van der Waals surface area contributed by atoms with E-state index in [1.165, 1.54) is 6.07 Å². The molecule has 1 N–H and O–H groups in total. The molecule has 9 heteroatoms. The SMILES string of the molecule is O=C(Nc1nnc(-c2cc(Cl)cc(Cl)c2)o1)c1ccc(F)cc1F. The molecule has 0 aliphatic heterocycles. The van der Waals surface area contributed by atoms with Gasteiger partial charge in [0.05, 0.1) is 5.56 Å². The van der Waals surface area contributed by atoms with Crippen LogP contribution in [0.1, 0.15) is 10.4 Å². The average Bonchev–Trinajstić information content (AvgIpc) is 2.94. The lowest BCUT2D eigenvalue weighted by Gasteiger charge is -2.02. The van der Waals surface area contributed by atoms with Gasteiger partial charge in [0.1, 0.15) is 11.6 Å². The summed E-state index contributed by atoms with van der Waals surface area (Å²) in [4.78, 5) is 12.0. The van der Waals surface area contributed by atoms with Gasteiger partial charge in [-0.3, -0.25) is 10.1 Å². The topological polar surface area (TPSA) is 68.0 Å². The number of carbonyl (C=O) groups excluding carboxylic acids is 1. The number of carbonyl (C=O) groups is 1. The van der Waals surface area contributed by atoms with Crippen LogP contribution in [0.3, 0.4) is 0 Å². The summed E-state index contributed by atoms with van der Waals surface area (Å²) in [6, 6.07) is 6.94. The molecule has 0 radical (unpaired) electrons. The number of nitrogens with zero attached hydrogens (tertiary/aromatic N) is 2.